The quantitative estimate of drug-likeness (QED) is 0.844. The molecule has 0 spiro atoms. The summed E-state index contributed by atoms with van der Waals surface area (Å²) in [6.07, 6.45) is 3.75. The molecule has 2 N–H and O–H groups in total. The van der Waals surface area contributed by atoms with Crippen LogP contribution in [0.25, 0.3) is 0 Å². The second-order valence-corrected chi connectivity index (χ2v) is 5.05. The van der Waals surface area contributed by atoms with Crippen molar-refractivity contribution in [3.63, 3.8) is 0 Å². The molecule has 6 heteroatoms. The number of amides is 1. The number of nitrogens with two attached hydrogens (primary N) is 1. The Bertz CT molecular complexity index is 521. The number of pyridine rings is 1. The highest BCUT2D eigenvalue weighted by molar-refractivity contribution is 5.77. The molecule has 2 rings (SSSR count). The van der Waals surface area contributed by atoms with Crippen molar-refractivity contribution < 1.29 is 9.53 Å². The van der Waals surface area contributed by atoms with Crippen molar-refractivity contribution in [1.29, 1.82) is 0 Å². The van der Waals surface area contributed by atoms with Gasteiger partial charge in [-0.3, -0.25) is 9.59 Å². The Morgan fingerprint density at radius 3 is 2.80 bits per heavy atom. The van der Waals surface area contributed by atoms with E-state index in [1.54, 1.807) is 23.2 Å². The molecular formula is C14H21N3O3. The molecule has 0 bridgehead atoms. The number of aromatic nitrogens is 1. The normalized spacial score (nSPS) is 16.2. The lowest BCUT2D eigenvalue weighted by atomic mass is 10.3. The Morgan fingerprint density at radius 1 is 1.45 bits per heavy atom. The van der Waals surface area contributed by atoms with E-state index in [4.69, 9.17) is 10.5 Å². The third-order valence-electron chi connectivity index (χ3n) is 3.57. The highest BCUT2D eigenvalue weighted by Crippen LogP contribution is 2.09. The molecule has 0 saturated carbocycles. The molecule has 6 nitrogen and oxygen atoms in total. The van der Waals surface area contributed by atoms with Gasteiger partial charge < -0.3 is 19.9 Å². The summed E-state index contributed by atoms with van der Waals surface area (Å²) >= 11 is 0. The SMILES string of the molecule is CC(CN)n1cccc(OCC(=O)N2CCCC2)c1=O. The molecule has 110 valence electrons. The van der Waals surface area contributed by atoms with Gasteiger partial charge in [0.25, 0.3) is 11.5 Å². The number of nitrogens with zero attached hydrogens (tertiary/aromatic N) is 2. The molecule has 1 saturated heterocycles. The zero-order chi connectivity index (χ0) is 14.5. The molecule has 1 amide bonds. The fraction of sp³-hybridized carbons (Fsp3) is 0.571. The maximum atomic E-state index is 12.2. The molecule has 20 heavy (non-hydrogen) atoms. The van der Waals surface area contributed by atoms with Gasteiger partial charge in [-0.2, -0.15) is 0 Å². The molecule has 0 aliphatic carbocycles. The van der Waals surface area contributed by atoms with E-state index in [0.29, 0.717) is 6.54 Å². The van der Waals surface area contributed by atoms with Crippen LogP contribution in [-0.2, 0) is 4.79 Å². The van der Waals surface area contributed by atoms with Gasteiger partial charge in [0.05, 0.1) is 0 Å². The minimum Gasteiger partial charge on any atom is -0.478 e. The Morgan fingerprint density at radius 2 is 2.15 bits per heavy atom. The van der Waals surface area contributed by atoms with Crippen molar-refractivity contribution in [3.05, 3.63) is 28.7 Å². The predicted octanol–water partition coefficient (Wildman–Crippen LogP) is 0.369. The number of carbonyl (C=O) groups is 1. The number of ether oxygens (including phenoxy) is 1. The summed E-state index contributed by atoms with van der Waals surface area (Å²) in [6.45, 7) is 3.71. The van der Waals surface area contributed by atoms with Gasteiger partial charge in [0.2, 0.25) is 0 Å². The fourth-order valence-corrected chi connectivity index (χ4v) is 2.26. The molecule has 1 aliphatic heterocycles. The standard InChI is InChI=1S/C14H21N3O3/c1-11(9-15)17-8-4-5-12(14(17)19)20-10-13(18)16-6-2-3-7-16/h4-5,8,11H,2-3,6-7,9-10,15H2,1H3. The Hall–Kier alpha value is -1.82. The van der Waals surface area contributed by atoms with Crippen LogP contribution >= 0.6 is 0 Å². The summed E-state index contributed by atoms with van der Waals surface area (Å²) in [6, 6.07) is 3.21. The van der Waals surface area contributed by atoms with Gasteiger partial charge >= 0.3 is 0 Å². The topological polar surface area (TPSA) is 77.6 Å². The van der Waals surface area contributed by atoms with Crippen LogP contribution in [-0.4, -0.2) is 41.6 Å². The Balaban J connectivity index is 2.02. The molecule has 0 radical (unpaired) electrons. The smallest absolute Gasteiger partial charge is 0.293 e. The molecule has 1 fully saturated rings. The van der Waals surface area contributed by atoms with Crippen molar-refractivity contribution in [2.45, 2.75) is 25.8 Å². The van der Waals surface area contributed by atoms with Crippen molar-refractivity contribution in [2.24, 2.45) is 5.73 Å². The molecule has 1 aromatic heterocycles. The van der Waals surface area contributed by atoms with Gasteiger partial charge in [-0.05, 0) is 31.9 Å². The molecular weight excluding hydrogens is 258 g/mol. The zero-order valence-corrected chi connectivity index (χ0v) is 11.7. The number of rotatable bonds is 5. The van der Waals surface area contributed by atoms with E-state index < -0.39 is 0 Å². The predicted molar refractivity (Wildman–Crippen MR) is 75.8 cm³/mol. The average molecular weight is 279 g/mol. The van der Waals surface area contributed by atoms with Crippen LogP contribution in [0.3, 0.4) is 0 Å². The van der Waals surface area contributed by atoms with Crippen LogP contribution in [0, 0.1) is 0 Å². The van der Waals surface area contributed by atoms with E-state index in [-0.39, 0.29) is 29.9 Å². The monoisotopic (exact) mass is 279 g/mol. The maximum Gasteiger partial charge on any atom is 0.293 e. The van der Waals surface area contributed by atoms with Gasteiger partial charge in [0.15, 0.2) is 12.4 Å². The summed E-state index contributed by atoms with van der Waals surface area (Å²) in [4.78, 5) is 25.8. The highest BCUT2D eigenvalue weighted by Gasteiger charge is 2.19. The average Bonchev–Trinajstić information content (AvgIpc) is 2.99. The minimum absolute atomic E-state index is 0.0656. The lowest BCUT2D eigenvalue weighted by molar-refractivity contribution is -0.132. The molecule has 1 unspecified atom stereocenters. The summed E-state index contributed by atoms with van der Waals surface area (Å²) in [7, 11) is 0. The van der Waals surface area contributed by atoms with Crippen LogP contribution in [0.1, 0.15) is 25.8 Å². The zero-order valence-electron chi connectivity index (χ0n) is 11.7. The highest BCUT2D eigenvalue weighted by atomic mass is 16.5. The van der Waals surface area contributed by atoms with E-state index in [1.165, 1.54) is 4.57 Å². The second kappa shape index (κ2) is 6.56. The minimum atomic E-state index is -0.250. The van der Waals surface area contributed by atoms with Crippen LogP contribution < -0.4 is 16.0 Å². The van der Waals surface area contributed by atoms with E-state index in [2.05, 4.69) is 0 Å². The van der Waals surface area contributed by atoms with Crippen molar-refractivity contribution >= 4 is 5.91 Å². The van der Waals surface area contributed by atoms with Crippen molar-refractivity contribution in [3.8, 4) is 5.75 Å². The first-order valence-electron chi connectivity index (χ1n) is 6.95. The van der Waals surface area contributed by atoms with Gasteiger partial charge in [0.1, 0.15) is 0 Å². The number of carbonyl (C=O) groups excluding carboxylic acids is 1. The number of hydrogen-bond acceptors (Lipinski definition) is 4. The molecule has 1 atom stereocenters. The summed E-state index contributed by atoms with van der Waals surface area (Å²) in [5.41, 5.74) is 5.32. The van der Waals surface area contributed by atoms with Crippen molar-refractivity contribution in [2.75, 3.05) is 26.2 Å². The Kier molecular flexibility index (Phi) is 4.79. The first-order valence-corrected chi connectivity index (χ1v) is 6.95. The number of hydrogen-bond donors (Lipinski definition) is 1. The van der Waals surface area contributed by atoms with Gasteiger partial charge in [0, 0.05) is 31.9 Å². The van der Waals surface area contributed by atoms with Crippen LogP contribution in [0.4, 0.5) is 0 Å². The summed E-state index contributed by atoms with van der Waals surface area (Å²) in [5.74, 6) is 0.129. The van der Waals surface area contributed by atoms with Gasteiger partial charge in [-0.25, -0.2) is 0 Å². The van der Waals surface area contributed by atoms with Crippen LogP contribution in [0.15, 0.2) is 23.1 Å². The molecule has 0 aromatic carbocycles. The maximum absolute atomic E-state index is 12.2. The van der Waals surface area contributed by atoms with E-state index in [0.717, 1.165) is 25.9 Å². The van der Waals surface area contributed by atoms with E-state index in [1.807, 2.05) is 6.92 Å². The van der Waals surface area contributed by atoms with E-state index >= 15 is 0 Å². The summed E-state index contributed by atoms with van der Waals surface area (Å²) < 4.78 is 6.90. The third-order valence-corrected chi connectivity index (χ3v) is 3.57. The van der Waals surface area contributed by atoms with Gasteiger partial charge in [-0.15, -0.1) is 0 Å². The van der Waals surface area contributed by atoms with E-state index in [9.17, 15) is 9.59 Å². The largest absolute Gasteiger partial charge is 0.478 e. The summed E-state index contributed by atoms with van der Waals surface area (Å²) in [5, 5.41) is 0. The molecule has 1 aromatic rings. The lowest BCUT2D eigenvalue weighted by Crippen LogP contribution is -2.34. The lowest BCUT2D eigenvalue weighted by Gasteiger charge is -2.17. The second-order valence-electron chi connectivity index (χ2n) is 5.05. The molecule has 2 heterocycles. The van der Waals surface area contributed by atoms with Crippen molar-refractivity contribution in [1.82, 2.24) is 9.47 Å². The fourth-order valence-electron chi connectivity index (χ4n) is 2.26. The van der Waals surface area contributed by atoms with Crippen LogP contribution in [0.2, 0.25) is 0 Å². The third kappa shape index (κ3) is 3.19. The molecule has 1 aliphatic rings. The van der Waals surface area contributed by atoms with Gasteiger partial charge in [-0.1, -0.05) is 0 Å². The first kappa shape index (κ1) is 14.6. The number of likely N-dealkylation sites (tertiary alicyclic amines) is 1. The Labute approximate surface area is 118 Å². The first-order chi connectivity index (χ1) is 9.63. The van der Waals surface area contributed by atoms with Crippen LogP contribution in [0.5, 0.6) is 5.75 Å².